The highest BCUT2D eigenvalue weighted by atomic mass is 16.5. The molecule has 10 heteroatoms. The number of aliphatic hydroxyl groups is 4. The van der Waals surface area contributed by atoms with Crippen molar-refractivity contribution in [3.63, 3.8) is 0 Å². The summed E-state index contributed by atoms with van der Waals surface area (Å²) in [6.45, 7) is 3.40. The Kier molecular flexibility index (Phi) is 17.4. The zero-order valence-electron chi connectivity index (χ0n) is 31.2. The molecule has 4 N–H and O–H groups in total. The first-order valence-electron chi connectivity index (χ1n) is 19.3. The predicted molar refractivity (Wildman–Crippen MR) is 210 cm³/mol. The number of nitrogens with zero attached hydrogens (tertiary/aromatic N) is 2. The minimum absolute atomic E-state index is 0.145. The molecule has 4 aromatic carbocycles. The molecule has 1 aliphatic carbocycles. The van der Waals surface area contributed by atoms with Gasteiger partial charge in [-0.05, 0) is 79.6 Å². The van der Waals surface area contributed by atoms with Crippen LogP contribution in [0.25, 0.3) is 0 Å². The SMILES string of the molecule is OC(COc1ccccc1)CN(CC(O)COc1ccccc1)CC1CCCC(CN(CC(O)COc2ccccc2)CC(O)COc2ccccc2)C1. The summed E-state index contributed by atoms with van der Waals surface area (Å²) in [4.78, 5) is 4.27. The Morgan fingerprint density at radius 1 is 0.426 bits per heavy atom. The van der Waals surface area contributed by atoms with Gasteiger partial charge in [0, 0.05) is 39.3 Å². The van der Waals surface area contributed by atoms with Crippen LogP contribution in [-0.2, 0) is 0 Å². The summed E-state index contributed by atoms with van der Waals surface area (Å²) in [5, 5.41) is 44.2. The van der Waals surface area contributed by atoms with Gasteiger partial charge in [0.05, 0.1) is 0 Å². The molecule has 0 heterocycles. The molecule has 0 bridgehead atoms. The van der Waals surface area contributed by atoms with Crippen LogP contribution in [0.2, 0.25) is 0 Å². The van der Waals surface area contributed by atoms with E-state index in [1.165, 1.54) is 0 Å². The van der Waals surface area contributed by atoms with Crippen molar-refractivity contribution in [3.05, 3.63) is 121 Å². The third-order valence-electron chi connectivity index (χ3n) is 9.54. The van der Waals surface area contributed by atoms with Gasteiger partial charge in [-0.1, -0.05) is 79.2 Å². The topological polar surface area (TPSA) is 124 Å². The molecule has 0 radical (unpaired) electrons. The monoisotopic (exact) mass is 742 g/mol. The molecule has 1 aliphatic rings. The smallest absolute Gasteiger partial charge is 0.119 e. The van der Waals surface area contributed by atoms with E-state index in [1.54, 1.807) is 0 Å². The highest BCUT2D eigenvalue weighted by Gasteiger charge is 2.28. The Labute approximate surface area is 320 Å². The average Bonchev–Trinajstić information content (AvgIpc) is 3.19. The van der Waals surface area contributed by atoms with Crippen LogP contribution in [0.1, 0.15) is 25.7 Å². The van der Waals surface area contributed by atoms with E-state index < -0.39 is 24.4 Å². The van der Waals surface area contributed by atoms with Gasteiger partial charge >= 0.3 is 0 Å². The zero-order valence-corrected chi connectivity index (χ0v) is 31.2. The number of rotatable bonds is 24. The number of hydrogen-bond donors (Lipinski definition) is 4. The van der Waals surface area contributed by atoms with Crippen LogP contribution >= 0.6 is 0 Å². The summed E-state index contributed by atoms with van der Waals surface area (Å²) in [7, 11) is 0. The van der Waals surface area contributed by atoms with E-state index in [2.05, 4.69) is 9.80 Å². The normalized spacial score (nSPS) is 18.1. The Hall–Kier alpha value is -4.16. The standard InChI is InChI=1S/C44H58N2O8/c47-37(31-51-41-16-5-1-6-17-41)27-45(28-38(48)32-52-42-18-7-2-8-19-42)25-35-14-13-15-36(24-35)26-46(29-39(49)33-53-43-20-9-3-10-21-43)30-40(50)34-54-44-22-11-4-12-23-44/h1-12,16-23,35-40,47-50H,13-15,24-34H2. The second kappa shape index (κ2) is 22.9. The highest BCUT2D eigenvalue weighted by Crippen LogP contribution is 2.31. The Morgan fingerprint density at radius 3 is 0.944 bits per heavy atom. The van der Waals surface area contributed by atoms with Crippen LogP contribution in [-0.4, -0.2) is 120 Å². The Balaban J connectivity index is 1.18. The Morgan fingerprint density at radius 2 is 0.685 bits per heavy atom. The molecular weight excluding hydrogens is 684 g/mol. The number of aliphatic hydroxyl groups excluding tert-OH is 4. The summed E-state index contributed by atoms with van der Waals surface area (Å²) in [5.74, 6) is 3.49. The van der Waals surface area contributed by atoms with Gasteiger partial charge in [0.2, 0.25) is 0 Å². The molecule has 292 valence electrons. The van der Waals surface area contributed by atoms with Crippen molar-refractivity contribution in [2.45, 2.75) is 50.1 Å². The van der Waals surface area contributed by atoms with Gasteiger partial charge in [0.1, 0.15) is 73.8 Å². The molecule has 0 amide bonds. The molecule has 1 fully saturated rings. The van der Waals surface area contributed by atoms with E-state index >= 15 is 0 Å². The lowest BCUT2D eigenvalue weighted by atomic mass is 9.80. The molecule has 5 rings (SSSR count). The second-order valence-electron chi connectivity index (χ2n) is 14.4. The number of ether oxygens (including phenoxy) is 4. The summed E-state index contributed by atoms with van der Waals surface area (Å²) in [6.07, 6.45) is 1.09. The fourth-order valence-electron chi connectivity index (χ4n) is 7.15. The van der Waals surface area contributed by atoms with Crippen LogP contribution in [0.4, 0.5) is 0 Å². The molecule has 10 nitrogen and oxygen atoms in total. The van der Waals surface area contributed by atoms with E-state index in [-0.39, 0.29) is 26.4 Å². The van der Waals surface area contributed by atoms with Crippen LogP contribution < -0.4 is 18.9 Å². The predicted octanol–water partition coefficient (Wildman–Crippen LogP) is 5.16. The largest absolute Gasteiger partial charge is 0.491 e. The molecular formula is C44H58N2O8. The summed E-state index contributed by atoms with van der Waals surface area (Å²) >= 11 is 0. The van der Waals surface area contributed by atoms with Crippen LogP contribution in [0.3, 0.4) is 0 Å². The minimum Gasteiger partial charge on any atom is -0.491 e. The van der Waals surface area contributed by atoms with Gasteiger partial charge < -0.3 is 39.4 Å². The van der Waals surface area contributed by atoms with Crippen molar-refractivity contribution < 1.29 is 39.4 Å². The molecule has 0 spiro atoms. The van der Waals surface area contributed by atoms with E-state index in [0.29, 0.717) is 74.1 Å². The van der Waals surface area contributed by atoms with Crippen LogP contribution in [0.5, 0.6) is 23.0 Å². The van der Waals surface area contributed by atoms with Crippen LogP contribution in [0.15, 0.2) is 121 Å². The first kappa shape index (κ1) is 41.0. The first-order chi connectivity index (χ1) is 26.4. The average molecular weight is 743 g/mol. The highest BCUT2D eigenvalue weighted by molar-refractivity contribution is 5.23. The van der Waals surface area contributed by atoms with Gasteiger partial charge in [-0.15, -0.1) is 0 Å². The van der Waals surface area contributed by atoms with Crippen molar-refractivity contribution >= 4 is 0 Å². The van der Waals surface area contributed by atoms with Gasteiger partial charge in [-0.3, -0.25) is 9.80 Å². The summed E-state index contributed by atoms with van der Waals surface area (Å²) in [5.41, 5.74) is 0. The number of benzene rings is 4. The zero-order chi connectivity index (χ0) is 37.8. The molecule has 0 aromatic heterocycles. The van der Waals surface area contributed by atoms with E-state index in [1.807, 2.05) is 121 Å². The minimum atomic E-state index is -0.749. The Bertz CT molecular complexity index is 1320. The van der Waals surface area contributed by atoms with Crippen molar-refractivity contribution in [2.24, 2.45) is 11.8 Å². The fraction of sp³-hybridized carbons (Fsp3) is 0.455. The van der Waals surface area contributed by atoms with Gasteiger partial charge in [0.15, 0.2) is 0 Å². The van der Waals surface area contributed by atoms with E-state index in [0.717, 1.165) is 25.7 Å². The van der Waals surface area contributed by atoms with E-state index in [9.17, 15) is 20.4 Å². The fourth-order valence-corrected chi connectivity index (χ4v) is 7.15. The quantitative estimate of drug-likeness (QED) is 0.0766. The van der Waals surface area contributed by atoms with Crippen molar-refractivity contribution in [2.75, 3.05) is 65.7 Å². The van der Waals surface area contributed by atoms with Crippen LogP contribution in [0, 0.1) is 11.8 Å². The molecule has 6 atom stereocenters. The van der Waals surface area contributed by atoms with Gasteiger partial charge in [0.25, 0.3) is 0 Å². The third-order valence-corrected chi connectivity index (χ3v) is 9.54. The maximum Gasteiger partial charge on any atom is 0.119 e. The van der Waals surface area contributed by atoms with Crippen molar-refractivity contribution in [1.82, 2.24) is 9.80 Å². The van der Waals surface area contributed by atoms with Gasteiger partial charge in [-0.25, -0.2) is 0 Å². The lowest BCUT2D eigenvalue weighted by molar-refractivity contribution is 0.0127. The molecule has 6 unspecified atom stereocenters. The molecule has 0 aliphatic heterocycles. The third kappa shape index (κ3) is 15.7. The van der Waals surface area contributed by atoms with Gasteiger partial charge in [-0.2, -0.15) is 0 Å². The van der Waals surface area contributed by atoms with E-state index in [4.69, 9.17) is 18.9 Å². The summed E-state index contributed by atoms with van der Waals surface area (Å²) < 4.78 is 23.4. The number of para-hydroxylation sites is 4. The summed E-state index contributed by atoms with van der Waals surface area (Å²) in [6, 6.07) is 37.8. The molecule has 54 heavy (non-hydrogen) atoms. The lowest BCUT2D eigenvalue weighted by Gasteiger charge is -2.37. The lowest BCUT2D eigenvalue weighted by Crippen LogP contribution is -2.46. The molecule has 4 aromatic rings. The van der Waals surface area contributed by atoms with Crippen molar-refractivity contribution in [1.29, 1.82) is 0 Å². The molecule has 1 saturated carbocycles. The second-order valence-corrected chi connectivity index (χ2v) is 14.4. The maximum absolute atomic E-state index is 11.0. The maximum atomic E-state index is 11.0. The van der Waals surface area contributed by atoms with Crippen molar-refractivity contribution in [3.8, 4) is 23.0 Å². The number of hydrogen-bond acceptors (Lipinski definition) is 10. The molecule has 0 saturated heterocycles. The first-order valence-corrected chi connectivity index (χ1v) is 19.3.